The number of aryl methyl sites for hydroxylation is 1. The molecule has 0 saturated carbocycles. The van der Waals surface area contributed by atoms with Crippen LogP contribution in [-0.2, 0) is 11.2 Å². The predicted octanol–water partition coefficient (Wildman–Crippen LogP) is 2.21. The van der Waals surface area contributed by atoms with Crippen LogP contribution in [-0.4, -0.2) is 5.91 Å². The number of para-hydroxylation sites is 1. The van der Waals surface area contributed by atoms with Gasteiger partial charge in [0.2, 0.25) is 5.91 Å². The molecule has 12 heavy (non-hydrogen) atoms. The first-order chi connectivity index (χ1) is 5.36. The van der Waals surface area contributed by atoms with E-state index in [1.807, 2.05) is 18.2 Å². The lowest BCUT2D eigenvalue weighted by Gasteiger charge is -2.15. The van der Waals surface area contributed by atoms with Crippen molar-refractivity contribution in [2.75, 3.05) is 5.32 Å². The molecule has 0 spiro atoms. The highest BCUT2D eigenvalue weighted by molar-refractivity contribution is 5.93. The highest BCUT2D eigenvalue weighted by Gasteiger charge is 2.12. The molecule has 1 aliphatic rings. The number of benzene rings is 1. The minimum atomic E-state index is 0. The van der Waals surface area contributed by atoms with Gasteiger partial charge in [0.05, 0.1) is 0 Å². The van der Waals surface area contributed by atoms with Crippen molar-refractivity contribution >= 4 is 11.6 Å². The molecule has 1 aliphatic heterocycles. The lowest BCUT2D eigenvalue weighted by atomic mass is 10.0. The minimum Gasteiger partial charge on any atom is -0.326 e. The Morgan fingerprint density at radius 3 is 2.75 bits per heavy atom. The van der Waals surface area contributed by atoms with Crippen molar-refractivity contribution in [1.82, 2.24) is 0 Å². The predicted molar refractivity (Wildman–Crippen MR) is 50.1 cm³/mol. The number of amides is 1. The smallest absolute Gasteiger partial charge is 0.224 e. The SMILES string of the molecule is C.O=C1CCc2ccccc2N1. The van der Waals surface area contributed by atoms with Crippen molar-refractivity contribution in [2.24, 2.45) is 0 Å². The van der Waals surface area contributed by atoms with Gasteiger partial charge < -0.3 is 5.32 Å². The molecule has 2 heteroatoms. The summed E-state index contributed by atoms with van der Waals surface area (Å²) < 4.78 is 0. The van der Waals surface area contributed by atoms with Crippen LogP contribution < -0.4 is 5.32 Å². The number of anilines is 1. The largest absolute Gasteiger partial charge is 0.326 e. The second-order valence-electron chi connectivity index (χ2n) is 2.71. The zero-order chi connectivity index (χ0) is 7.68. The molecular weight excluding hydrogens is 150 g/mol. The van der Waals surface area contributed by atoms with Crippen LogP contribution in [0, 0.1) is 0 Å². The van der Waals surface area contributed by atoms with E-state index in [9.17, 15) is 4.79 Å². The minimum absolute atomic E-state index is 0. The van der Waals surface area contributed by atoms with E-state index in [1.54, 1.807) is 0 Å². The fourth-order valence-electron chi connectivity index (χ4n) is 1.32. The third kappa shape index (κ3) is 1.47. The van der Waals surface area contributed by atoms with Crippen molar-refractivity contribution < 1.29 is 4.79 Å². The zero-order valence-corrected chi connectivity index (χ0v) is 6.13. The highest BCUT2D eigenvalue weighted by atomic mass is 16.1. The van der Waals surface area contributed by atoms with Crippen LogP contribution in [0.5, 0.6) is 0 Å². The number of carbonyl (C=O) groups is 1. The summed E-state index contributed by atoms with van der Waals surface area (Å²) in [6.45, 7) is 0. The number of hydrogen-bond acceptors (Lipinski definition) is 1. The van der Waals surface area contributed by atoms with Crippen LogP contribution in [0.3, 0.4) is 0 Å². The molecule has 0 bridgehead atoms. The van der Waals surface area contributed by atoms with Gasteiger partial charge in [-0.2, -0.15) is 0 Å². The summed E-state index contributed by atoms with van der Waals surface area (Å²) >= 11 is 0. The maximum Gasteiger partial charge on any atom is 0.224 e. The molecular formula is C10H13NO. The molecule has 1 amide bonds. The Kier molecular flexibility index (Phi) is 2.48. The van der Waals surface area contributed by atoms with Gasteiger partial charge in [-0.1, -0.05) is 25.6 Å². The summed E-state index contributed by atoms with van der Waals surface area (Å²) in [6.07, 6.45) is 1.50. The monoisotopic (exact) mass is 163 g/mol. The van der Waals surface area contributed by atoms with Crippen molar-refractivity contribution in [3.05, 3.63) is 29.8 Å². The summed E-state index contributed by atoms with van der Waals surface area (Å²) in [7, 11) is 0. The first kappa shape index (κ1) is 8.78. The zero-order valence-electron chi connectivity index (χ0n) is 6.13. The van der Waals surface area contributed by atoms with E-state index in [1.165, 1.54) is 5.56 Å². The lowest BCUT2D eigenvalue weighted by molar-refractivity contribution is -0.116. The number of hydrogen-bond donors (Lipinski definition) is 1. The van der Waals surface area contributed by atoms with Crippen LogP contribution in [0.2, 0.25) is 0 Å². The number of rotatable bonds is 0. The van der Waals surface area contributed by atoms with E-state index in [4.69, 9.17) is 0 Å². The molecule has 1 N–H and O–H groups in total. The molecule has 2 rings (SSSR count). The average molecular weight is 163 g/mol. The second-order valence-corrected chi connectivity index (χ2v) is 2.71. The molecule has 2 nitrogen and oxygen atoms in total. The third-order valence-corrected chi connectivity index (χ3v) is 1.91. The van der Waals surface area contributed by atoms with E-state index in [-0.39, 0.29) is 13.3 Å². The van der Waals surface area contributed by atoms with E-state index in [2.05, 4.69) is 11.4 Å². The van der Waals surface area contributed by atoms with E-state index >= 15 is 0 Å². The van der Waals surface area contributed by atoms with Crippen molar-refractivity contribution in [3.63, 3.8) is 0 Å². The molecule has 0 atom stereocenters. The van der Waals surface area contributed by atoms with Crippen molar-refractivity contribution in [2.45, 2.75) is 20.3 Å². The average Bonchev–Trinajstić information content (AvgIpc) is 2.04. The maximum atomic E-state index is 10.9. The summed E-state index contributed by atoms with van der Waals surface area (Å²) in [5.41, 5.74) is 2.22. The fraction of sp³-hybridized carbons (Fsp3) is 0.300. The molecule has 1 aromatic rings. The van der Waals surface area contributed by atoms with Gasteiger partial charge in [0.1, 0.15) is 0 Å². The molecule has 1 aromatic carbocycles. The Balaban J connectivity index is 0.000000720. The molecule has 1 heterocycles. The van der Waals surface area contributed by atoms with Gasteiger partial charge in [0.25, 0.3) is 0 Å². The maximum absolute atomic E-state index is 10.9. The van der Waals surface area contributed by atoms with Crippen molar-refractivity contribution in [3.8, 4) is 0 Å². The van der Waals surface area contributed by atoms with Gasteiger partial charge in [0.15, 0.2) is 0 Å². The quantitative estimate of drug-likeness (QED) is 0.624. The first-order valence-corrected chi connectivity index (χ1v) is 3.74. The number of nitrogens with one attached hydrogen (secondary N) is 1. The van der Waals surface area contributed by atoms with Gasteiger partial charge in [0, 0.05) is 12.1 Å². The summed E-state index contributed by atoms with van der Waals surface area (Å²) in [5.74, 6) is 0.128. The van der Waals surface area contributed by atoms with E-state index in [0.29, 0.717) is 6.42 Å². The Bertz CT molecular complexity index is 294. The Hall–Kier alpha value is -1.31. The van der Waals surface area contributed by atoms with Gasteiger partial charge in [-0.05, 0) is 18.1 Å². The van der Waals surface area contributed by atoms with E-state index in [0.717, 1.165) is 12.1 Å². The van der Waals surface area contributed by atoms with Crippen LogP contribution in [0.1, 0.15) is 19.4 Å². The molecule has 0 unspecified atom stereocenters. The van der Waals surface area contributed by atoms with Gasteiger partial charge >= 0.3 is 0 Å². The first-order valence-electron chi connectivity index (χ1n) is 3.74. The molecule has 0 saturated heterocycles. The summed E-state index contributed by atoms with van der Waals surface area (Å²) in [6, 6.07) is 7.92. The van der Waals surface area contributed by atoms with E-state index < -0.39 is 0 Å². The Morgan fingerprint density at radius 1 is 1.17 bits per heavy atom. The third-order valence-electron chi connectivity index (χ3n) is 1.91. The number of carbonyl (C=O) groups excluding carboxylic acids is 1. The molecule has 64 valence electrons. The standard InChI is InChI=1S/C9H9NO.CH4/c11-9-6-5-7-3-1-2-4-8(7)10-9;/h1-4H,5-6H2,(H,10,11);1H4. The highest BCUT2D eigenvalue weighted by Crippen LogP contribution is 2.20. The van der Waals surface area contributed by atoms with Gasteiger partial charge in [-0.3, -0.25) is 4.79 Å². The topological polar surface area (TPSA) is 29.1 Å². The van der Waals surface area contributed by atoms with Crippen LogP contribution in [0.15, 0.2) is 24.3 Å². The van der Waals surface area contributed by atoms with Crippen LogP contribution in [0.25, 0.3) is 0 Å². The van der Waals surface area contributed by atoms with Crippen molar-refractivity contribution in [1.29, 1.82) is 0 Å². The lowest BCUT2D eigenvalue weighted by Crippen LogP contribution is -2.18. The van der Waals surface area contributed by atoms with Crippen LogP contribution >= 0.6 is 0 Å². The molecule has 0 aliphatic carbocycles. The Morgan fingerprint density at radius 2 is 1.92 bits per heavy atom. The molecule has 0 radical (unpaired) electrons. The normalized spacial score (nSPS) is 14.2. The molecule has 0 aromatic heterocycles. The summed E-state index contributed by atoms with van der Waals surface area (Å²) in [5, 5.41) is 2.82. The number of fused-ring (bicyclic) bond motifs is 1. The molecule has 0 fully saturated rings. The van der Waals surface area contributed by atoms with Gasteiger partial charge in [-0.15, -0.1) is 0 Å². The fourth-order valence-corrected chi connectivity index (χ4v) is 1.32. The second kappa shape index (κ2) is 3.39. The Labute approximate surface area is 72.6 Å². The van der Waals surface area contributed by atoms with Crippen LogP contribution in [0.4, 0.5) is 5.69 Å². The van der Waals surface area contributed by atoms with Gasteiger partial charge in [-0.25, -0.2) is 0 Å². The summed E-state index contributed by atoms with van der Waals surface area (Å²) in [4.78, 5) is 10.9.